The van der Waals surface area contributed by atoms with Crippen molar-refractivity contribution in [2.24, 2.45) is 5.41 Å². The fourth-order valence-corrected chi connectivity index (χ4v) is 2.52. The van der Waals surface area contributed by atoms with Crippen LogP contribution in [0, 0.1) is 43.5 Å². The molecule has 0 amide bonds. The van der Waals surface area contributed by atoms with Crippen LogP contribution < -0.4 is 5.32 Å². The van der Waals surface area contributed by atoms with Crippen LogP contribution in [0.1, 0.15) is 45.1 Å². The Morgan fingerprint density at radius 3 is 2.26 bits per heavy atom. The van der Waals surface area contributed by atoms with E-state index in [2.05, 4.69) is 42.6 Å². The molecule has 2 rings (SSSR count). The minimum atomic E-state index is 0. The van der Waals surface area contributed by atoms with Crippen LogP contribution in [0.2, 0.25) is 0 Å². The van der Waals surface area contributed by atoms with Gasteiger partial charge in [0.05, 0.1) is 0 Å². The van der Waals surface area contributed by atoms with E-state index >= 15 is 0 Å². The van der Waals surface area contributed by atoms with E-state index in [1.807, 2.05) is 13.8 Å². The molecule has 1 aliphatic rings. The van der Waals surface area contributed by atoms with Gasteiger partial charge in [0.1, 0.15) is 0 Å². The maximum Gasteiger partial charge on any atom is 0 e. The van der Waals surface area contributed by atoms with Gasteiger partial charge in [0.2, 0.25) is 0 Å². The Balaban J connectivity index is 0.00000103. The Kier molecular flexibility index (Phi) is 11.1. The molecule has 0 saturated carbocycles. The number of benzene rings is 1. The van der Waals surface area contributed by atoms with E-state index in [0.717, 1.165) is 13.1 Å². The van der Waals surface area contributed by atoms with Crippen molar-refractivity contribution < 1.29 is 31.1 Å². The van der Waals surface area contributed by atoms with Crippen LogP contribution in [-0.4, -0.2) is 13.1 Å². The molecule has 0 spiro atoms. The molecule has 0 radical (unpaired) electrons. The summed E-state index contributed by atoms with van der Waals surface area (Å²) in [5.41, 5.74) is 1.81. The molecule has 1 N–H and O–H groups in total. The molecule has 1 aliphatic heterocycles. The average molecular weight is 484 g/mol. The van der Waals surface area contributed by atoms with Gasteiger partial charge in [-0.15, -0.1) is 0 Å². The van der Waals surface area contributed by atoms with Crippen molar-refractivity contribution in [3.63, 3.8) is 0 Å². The monoisotopic (exact) mass is 484 g/mol. The number of hydrogen-bond acceptors (Lipinski definition) is 1. The van der Waals surface area contributed by atoms with Crippen molar-refractivity contribution in [1.29, 1.82) is 0 Å². The molecule has 0 atom stereocenters. The summed E-state index contributed by atoms with van der Waals surface area (Å²) in [4.78, 5) is 0. The molecule has 106 valence electrons. The predicted molar refractivity (Wildman–Crippen MR) is 80.6 cm³/mol. The molecule has 1 aromatic rings. The second-order valence-corrected chi connectivity index (χ2v) is 5.09. The van der Waals surface area contributed by atoms with E-state index in [0.29, 0.717) is 5.41 Å². The summed E-state index contributed by atoms with van der Waals surface area (Å²) in [5, 5.41) is 3.41. The van der Waals surface area contributed by atoms with Gasteiger partial charge in [0.25, 0.3) is 0 Å². The molecule has 1 aromatic carbocycles. The van der Waals surface area contributed by atoms with Gasteiger partial charge in [-0.1, -0.05) is 69.9 Å². The molecule has 1 saturated heterocycles. The minimum absolute atomic E-state index is 0. The average Bonchev–Trinajstić information content (AvgIpc) is 2.43. The van der Waals surface area contributed by atoms with E-state index in [1.54, 1.807) is 0 Å². The van der Waals surface area contributed by atoms with Gasteiger partial charge in [-0.25, -0.2) is 0 Å². The Morgan fingerprint density at radius 1 is 1.11 bits per heavy atom. The van der Waals surface area contributed by atoms with Crippen molar-refractivity contribution in [3.05, 3.63) is 42.8 Å². The van der Waals surface area contributed by atoms with Crippen LogP contribution >= 0.6 is 0 Å². The molecule has 1 nitrogen and oxygen atoms in total. The Hall–Kier alpha value is 0.232. The van der Waals surface area contributed by atoms with Crippen molar-refractivity contribution in [1.82, 2.24) is 5.32 Å². The summed E-state index contributed by atoms with van der Waals surface area (Å²) >= 11 is 0. The van der Waals surface area contributed by atoms with E-state index in [9.17, 15) is 0 Å². The molecule has 0 unspecified atom stereocenters. The zero-order valence-corrected chi connectivity index (χ0v) is 16.7. The number of piperidine rings is 1. The third-order valence-electron chi connectivity index (χ3n) is 3.68. The number of hydrogen-bond donors (Lipinski definition) is 1. The summed E-state index contributed by atoms with van der Waals surface area (Å²) in [6.07, 6.45) is 6.21. The number of aryl methyl sites for hydroxylation is 1. The zero-order valence-electron chi connectivity index (χ0n) is 12.5. The first-order chi connectivity index (χ1) is 8.79. The minimum Gasteiger partial charge on any atom is -0.337 e. The van der Waals surface area contributed by atoms with Gasteiger partial charge in [-0.05, 0) is 25.1 Å². The standard InChI is InChI=1S/C15H22N.C2H6.U/c1-15(10-12-16-13-11-15)9-5-8-14-6-3-2-4-7-14;1-2;/h2-4,6-7,16H,1,5,8-13H2;1-2H3;/q-1;;. The van der Waals surface area contributed by atoms with Crippen LogP contribution in [0.4, 0.5) is 0 Å². The van der Waals surface area contributed by atoms with Crippen molar-refractivity contribution >= 4 is 0 Å². The van der Waals surface area contributed by atoms with Gasteiger partial charge in [-0.2, -0.15) is 5.41 Å². The van der Waals surface area contributed by atoms with Gasteiger partial charge < -0.3 is 12.2 Å². The quantitative estimate of drug-likeness (QED) is 0.631. The summed E-state index contributed by atoms with van der Waals surface area (Å²) in [5.74, 6) is 0. The third kappa shape index (κ3) is 7.55. The maximum atomic E-state index is 4.42. The first-order valence-corrected chi connectivity index (χ1v) is 7.39. The van der Waals surface area contributed by atoms with Crippen LogP contribution in [0.15, 0.2) is 30.3 Å². The van der Waals surface area contributed by atoms with E-state index < -0.39 is 0 Å². The molecule has 19 heavy (non-hydrogen) atoms. The Labute approximate surface area is 143 Å². The first-order valence-electron chi connectivity index (χ1n) is 7.39. The fourth-order valence-electron chi connectivity index (χ4n) is 2.52. The van der Waals surface area contributed by atoms with Gasteiger partial charge in [-0.3, -0.25) is 0 Å². The molecule has 1 heterocycles. The molecule has 0 bridgehead atoms. The van der Waals surface area contributed by atoms with Gasteiger partial charge >= 0.3 is 0 Å². The van der Waals surface area contributed by atoms with Crippen molar-refractivity contribution in [2.45, 2.75) is 46.0 Å². The largest absolute Gasteiger partial charge is 0.337 e. The Bertz CT molecular complexity index is 304. The summed E-state index contributed by atoms with van der Waals surface area (Å²) in [6, 6.07) is 10.8. The molecule has 1 fully saturated rings. The molecular formula is C17H28NU-. The fraction of sp³-hybridized carbons (Fsp3) is 0.588. The van der Waals surface area contributed by atoms with E-state index in [-0.39, 0.29) is 31.1 Å². The smallest absolute Gasteiger partial charge is 0 e. The maximum absolute atomic E-state index is 4.42. The zero-order chi connectivity index (χ0) is 13.3. The summed E-state index contributed by atoms with van der Waals surface area (Å²) in [7, 11) is 0. The molecule has 2 heteroatoms. The molecule has 0 aromatic heterocycles. The second kappa shape index (κ2) is 11.0. The van der Waals surface area contributed by atoms with Gasteiger partial charge in [0, 0.05) is 31.1 Å². The normalized spacial score (nSPS) is 16.8. The number of nitrogens with one attached hydrogen (secondary N) is 1. The van der Waals surface area contributed by atoms with Crippen LogP contribution in [-0.2, 0) is 6.42 Å². The first kappa shape index (κ1) is 19.2. The van der Waals surface area contributed by atoms with Crippen molar-refractivity contribution in [3.8, 4) is 0 Å². The van der Waals surface area contributed by atoms with Crippen molar-refractivity contribution in [2.75, 3.05) is 13.1 Å². The van der Waals surface area contributed by atoms with Crippen LogP contribution in [0.5, 0.6) is 0 Å². The number of rotatable bonds is 4. The summed E-state index contributed by atoms with van der Waals surface area (Å²) < 4.78 is 0. The second-order valence-electron chi connectivity index (χ2n) is 5.09. The molecule has 0 aliphatic carbocycles. The molecular weight excluding hydrogens is 456 g/mol. The summed E-state index contributed by atoms with van der Waals surface area (Å²) in [6.45, 7) is 10.7. The van der Waals surface area contributed by atoms with Crippen LogP contribution in [0.25, 0.3) is 0 Å². The SMILES string of the molecule is CC.[CH2-]C1(CCCc2ccccc2)CCNCC1.[U]. The Morgan fingerprint density at radius 2 is 1.68 bits per heavy atom. The topological polar surface area (TPSA) is 12.0 Å². The predicted octanol–water partition coefficient (Wildman–Crippen LogP) is 4.24. The van der Waals surface area contributed by atoms with E-state index in [4.69, 9.17) is 0 Å². The van der Waals surface area contributed by atoms with E-state index in [1.165, 1.54) is 37.7 Å². The van der Waals surface area contributed by atoms with Gasteiger partial charge in [0.15, 0.2) is 0 Å². The third-order valence-corrected chi connectivity index (χ3v) is 3.68. The van der Waals surface area contributed by atoms with Crippen LogP contribution in [0.3, 0.4) is 0 Å².